The minimum absolute atomic E-state index is 0.144. The van der Waals surface area contributed by atoms with E-state index < -0.39 is 0 Å². The van der Waals surface area contributed by atoms with E-state index in [2.05, 4.69) is 32.2 Å². The van der Waals surface area contributed by atoms with Crippen LogP contribution in [0.5, 0.6) is 6.01 Å². The Hall–Kier alpha value is -1.14. The summed E-state index contributed by atoms with van der Waals surface area (Å²) in [4.78, 5) is 14.3. The van der Waals surface area contributed by atoms with Gasteiger partial charge in [-0.1, -0.05) is 0 Å². The van der Waals surface area contributed by atoms with Gasteiger partial charge < -0.3 is 15.0 Å². The van der Waals surface area contributed by atoms with E-state index in [0.717, 1.165) is 13.1 Å². The van der Waals surface area contributed by atoms with Gasteiger partial charge in [0.05, 0.1) is 7.11 Å². The lowest BCUT2D eigenvalue weighted by molar-refractivity contribution is 0.217. The summed E-state index contributed by atoms with van der Waals surface area (Å²) in [5, 5.41) is 3.34. The maximum Gasteiger partial charge on any atom is 0.322 e. The second-order valence-corrected chi connectivity index (χ2v) is 4.90. The Bertz CT molecular complexity index is 403. The highest BCUT2D eigenvalue weighted by Crippen LogP contribution is 2.16. The van der Waals surface area contributed by atoms with Crippen molar-refractivity contribution in [3.63, 3.8) is 0 Å². The molecule has 0 spiro atoms. The van der Waals surface area contributed by atoms with E-state index in [9.17, 15) is 0 Å². The fourth-order valence-electron chi connectivity index (χ4n) is 2.18. The SMILES string of the molecule is COc1nc(Cl)nc(NCC2CCCN(C)C2)n1. The van der Waals surface area contributed by atoms with Crippen molar-refractivity contribution >= 4 is 17.5 Å². The van der Waals surface area contributed by atoms with E-state index in [-0.39, 0.29) is 11.3 Å². The van der Waals surface area contributed by atoms with Crippen molar-refractivity contribution in [2.24, 2.45) is 5.92 Å². The Labute approximate surface area is 112 Å². The lowest BCUT2D eigenvalue weighted by atomic mass is 9.99. The second kappa shape index (κ2) is 6.15. The predicted octanol–water partition coefficient (Wildman–Crippen LogP) is 1.29. The number of hydrogen-bond acceptors (Lipinski definition) is 6. The molecule has 0 aliphatic carbocycles. The van der Waals surface area contributed by atoms with E-state index in [0.29, 0.717) is 11.9 Å². The van der Waals surface area contributed by atoms with E-state index >= 15 is 0 Å². The summed E-state index contributed by atoms with van der Waals surface area (Å²) in [5.74, 6) is 1.09. The van der Waals surface area contributed by atoms with Crippen LogP contribution in [-0.2, 0) is 0 Å². The normalized spacial score (nSPS) is 20.7. The number of likely N-dealkylation sites (tertiary alicyclic amines) is 1. The van der Waals surface area contributed by atoms with Crippen LogP contribution in [0.4, 0.5) is 5.95 Å². The number of halogens is 1. The second-order valence-electron chi connectivity index (χ2n) is 4.57. The largest absolute Gasteiger partial charge is 0.467 e. The van der Waals surface area contributed by atoms with Gasteiger partial charge in [0.1, 0.15) is 0 Å². The highest BCUT2D eigenvalue weighted by Gasteiger charge is 2.17. The quantitative estimate of drug-likeness (QED) is 0.890. The monoisotopic (exact) mass is 271 g/mol. The predicted molar refractivity (Wildman–Crippen MR) is 70.1 cm³/mol. The third-order valence-electron chi connectivity index (χ3n) is 3.04. The van der Waals surface area contributed by atoms with Gasteiger partial charge in [0.25, 0.3) is 0 Å². The molecule has 1 unspecified atom stereocenters. The standard InChI is InChI=1S/C11H18ClN5O/c1-17-5-3-4-8(7-17)6-13-10-14-9(12)15-11(16-10)18-2/h8H,3-7H2,1-2H3,(H,13,14,15,16). The molecule has 100 valence electrons. The molecule has 0 saturated carbocycles. The molecular weight excluding hydrogens is 254 g/mol. The molecule has 0 radical (unpaired) electrons. The van der Waals surface area contributed by atoms with Crippen LogP contribution in [0.1, 0.15) is 12.8 Å². The van der Waals surface area contributed by atoms with Gasteiger partial charge in [-0.15, -0.1) is 0 Å². The van der Waals surface area contributed by atoms with Crippen LogP contribution in [0.3, 0.4) is 0 Å². The number of nitrogens with one attached hydrogen (secondary N) is 1. The summed E-state index contributed by atoms with van der Waals surface area (Å²) < 4.78 is 4.95. The molecule has 1 aromatic rings. The van der Waals surface area contributed by atoms with E-state index in [1.165, 1.54) is 26.5 Å². The van der Waals surface area contributed by atoms with Gasteiger partial charge in [-0.05, 0) is 44.0 Å². The Morgan fingerprint density at radius 2 is 2.28 bits per heavy atom. The summed E-state index contributed by atoms with van der Waals surface area (Å²) >= 11 is 5.78. The molecule has 6 nitrogen and oxygen atoms in total. The summed E-state index contributed by atoms with van der Waals surface area (Å²) in [7, 11) is 3.65. The molecule has 2 heterocycles. The fraction of sp³-hybridized carbons (Fsp3) is 0.727. The average Bonchev–Trinajstić information content (AvgIpc) is 2.36. The number of ether oxygens (including phenoxy) is 1. The molecule has 1 aromatic heterocycles. The van der Waals surface area contributed by atoms with Crippen LogP contribution in [0.15, 0.2) is 0 Å². The smallest absolute Gasteiger partial charge is 0.322 e. The van der Waals surface area contributed by atoms with Crippen LogP contribution in [-0.4, -0.2) is 53.6 Å². The van der Waals surface area contributed by atoms with Crippen molar-refractivity contribution in [1.29, 1.82) is 0 Å². The molecule has 1 N–H and O–H groups in total. The number of piperidine rings is 1. The average molecular weight is 272 g/mol. The van der Waals surface area contributed by atoms with Crippen LogP contribution < -0.4 is 10.1 Å². The highest BCUT2D eigenvalue weighted by molar-refractivity contribution is 6.28. The molecule has 2 rings (SSSR count). The molecule has 7 heteroatoms. The zero-order valence-corrected chi connectivity index (χ0v) is 11.4. The van der Waals surface area contributed by atoms with Crippen LogP contribution >= 0.6 is 11.6 Å². The van der Waals surface area contributed by atoms with Crippen LogP contribution in [0, 0.1) is 5.92 Å². The molecule has 18 heavy (non-hydrogen) atoms. The van der Waals surface area contributed by atoms with Crippen molar-refractivity contribution in [1.82, 2.24) is 19.9 Å². The number of methoxy groups -OCH3 is 1. The number of nitrogens with zero attached hydrogens (tertiary/aromatic N) is 4. The van der Waals surface area contributed by atoms with E-state index in [4.69, 9.17) is 16.3 Å². The number of aromatic nitrogens is 3. The molecule has 1 aliphatic heterocycles. The Morgan fingerprint density at radius 1 is 1.44 bits per heavy atom. The van der Waals surface area contributed by atoms with Gasteiger partial charge in [0.15, 0.2) is 0 Å². The van der Waals surface area contributed by atoms with Crippen molar-refractivity contribution in [3.8, 4) is 6.01 Å². The fourth-order valence-corrected chi connectivity index (χ4v) is 2.33. The molecule has 1 aliphatic rings. The van der Waals surface area contributed by atoms with Crippen molar-refractivity contribution in [2.75, 3.05) is 39.1 Å². The van der Waals surface area contributed by atoms with Gasteiger partial charge in [0, 0.05) is 13.1 Å². The maximum absolute atomic E-state index is 5.78. The Kier molecular flexibility index (Phi) is 4.54. The summed E-state index contributed by atoms with van der Waals surface area (Å²) in [6.07, 6.45) is 2.47. The summed E-state index contributed by atoms with van der Waals surface area (Å²) in [6.45, 7) is 3.12. The van der Waals surface area contributed by atoms with Gasteiger partial charge >= 0.3 is 6.01 Å². The zero-order valence-electron chi connectivity index (χ0n) is 10.7. The Balaban J connectivity index is 1.91. The minimum Gasteiger partial charge on any atom is -0.467 e. The van der Waals surface area contributed by atoms with Crippen LogP contribution in [0.2, 0.25) is 5.28 Å². The molecular formula is C11H18ClN5O. The molecule has 0 bridgehead atoms. The van der Waals surface area contributed by atoms with Crippen LogP contribution in [0.25, 0.3) is 0 Å². The van der Waals surface area contributed by atoms with Crippen molar-refractivity contribution < 1.29 is 4.74 Å². The number of anilines is 1. The first-order valence-corrected chi connectivity index (χ1v) is 6.43. The molecule has 0 aromatic carbocycles. The summed E-state index contributed by atoms with van der Waals surface area (Å²) in [5.41, 5.74) is 0. The molecule has 1 saturated heterocycles. The number of hydrogen-bond donors (Lipinski definition) is 1. The molecule has 1 atom stereocenters. The van der Waals surface area contributed by atoms with Gasteiger partial charge in [-0.2, -0.15) is 15.0 Å². The maximum atomic E-state index is 5.78. The van der Waals surface area contributed by atoms with Crippen molar-refractivity contribution in [2.45, 2.75) is 12.8 Å². The topological polar surface area (TPSA) is 63.2 Å². The lowest BCUT2D eigenvalue weighted by Crippen LogP contribution is -2.35. The van der Waals surface area contributed by atoms with Gasteiger partial charge in [0.2, 0.25) is 11.2 Å². The first kappa shape index (κ1) is 13.3. The highest BCUT2D eigenvalue weighted by atomic mass is 35.5. The van der Waals surface area contributed by atoms with E-state index in [1.54, 1.807) is 0 Å². The third kappa shape index (κ3) is 3.68. The third-order valence-corrected chi connectivity index (χ3v) is 3.21. The Morgan fingerprint density at radius 3 is 3.00 bits per heavy atom. The summed E-state index contributed by atoms with van der Waals surface area (Å²) in [6, 6.07) is 0.235. The zero-order chi connectivity index (χ0) is 13.0. The van der Waals surface area contributed by atoms with E-state index in [1.807, 2.05) is 0 Å². The number of rotatable bonds is 4. The van der Waals surface area contributed by atoms with Crippen molar-refractivity contribution in [3.05, 3.63) is 5.28 Å². The minimum atomic E-state index is 0.144. The lowest BCUT2D eigenvalue weighted by Gasteiger charge is -2.29. The van der Waals surface area contributed by atoms with Gasteiger partial charge in [-0.3, -0.25) is 0 Å². The first-order valence-electron chi connectivity index (χ1n) is 6.05. The molecule has 1 fully saturated rings. The van der Waals surface area contributed by atoms with Gasteiger partial charge in [-0.25, -0.2) is 0 Å². The first-order chi connectivity index (χ1) is 8.67. The molecule has 0 amide bonds.